The number of carboxylic acid groups (broad SMARTS) is 1. The van der Waals surface area contributed by atoms with Gasteiger partial charge in [0.05, 0.1) is 5.56 Å². The Labute approximate surface area is 115 Å². The molecule has 0 fully saturated rings. The van der Waals surface area contributed by atoms with Gasteiger partial charge in [-0.2, -0.15) is 0 Å². The molecule has 0 bridgehead atoms. The summed E-state index contributed by atoms with van der Waals surface area (Å²) >= 11 is 0. The Morgan fingerprint density at radius 1 is 1.50 bits per heavy atom. The van der Waals surface area contributed by atoms with Crippen molar-refractivity contribution in [1.82, 2.24) is 14.9 Å². The second kappa shape index (κ2) is 4.33. The van der Waals surface area contributed by atoms with Crippen molar-refractivity contribution in [2.45, 2.75) is 26.4 Å². The zero-order chi connectivity index (χ0) is 14.4. The van der Waals surface area contributed by atoms with Crippen molar-refractivity contribution in [2.24, 2.45) is 5.92 Å². The van der Waals surface area contributed by atoms with Crippen molar-refractivity contribution in [3.8, 4) is 0 Å². The van der Waals surface area contributed by atoms with E-state index in [4.69, 9.17) is 0 Å². The van der Waals surface area contributed by atoms with Crippen LogP contribution in [0.2, 0.25) is 0 Å². The maximum absolute atomic E-state index is 12.5. The average Bonchev–Trinajstić information content (AvgIpc) is 2.80. The fourth-order valence-electron chi connectivity index (χ4n) is 2.84. The lowest BCUT2D eigenvalue weighted by Gasteiger charge is -2.34. The van der Waals surface area contributed by atoms with Gasteiger partial charge in [0.15, 0.2) is 0 Å². The van der Waals surface area contributed by atoms with E-state index in [-0.39, 0.29) is 11.8 Å². The summed E-state index contributed by atoms with van der Waals surface area (Å²) in [5.41, 5.74) is 2.10. The van der Waals surface area contributed by atoms with Gasteiger partial charge in [0.2, 0.25) is 0 Å². The molecule has 0 aliphatic carbocycles. The second-order valence-corrected chi connectivity index (χ2v) is 5.36. The molecule has 104 valence electrons. The molecule has 1 unspecified atom stereocenters. The van der Waals surface area contributed by atoms with Gasteiger partial charge in [0.1, 0.15) is 11.7 Å². The van der Waals surface area contributed by atoms with Crippen molar-refractivity contribution in [1.29, 1.82) is 0 Å². The van der Waals surface area contributed by atoms with Gasteiger partial charge in [-0.05, 0) is 17.5 Å². The molecule has 2 aromatic heterocycles. The lowest BCUT2D eigenvalue weighted by molar-refractivity contribution is -0.144. The molecular formula is C14H15N3O3. The summed E-state index contributed by atoms with van der Waals surface area (Å²) in [5.74, 6) is -1.38. The summed E-state index contributed by atoms with van der Waals surface area (Å²) in [6.45, 7) is 3.92. The summed E-state index contributed by atoms with van der Waals surface area (Å²) in [4.78, 5) is 32.6. The number of hydrogen-bond donors (Lipinski definition) is 2. The van der Waals surface area contributed by atoms with Gasteiger partial charge < -0.3 is 15.0 Å². The van der Waals surface area contributed by atoms with E-state index < -0.39 is 12.0 Å². The molecule has 1 aliphatic heterocycles. The molecule has 20 heavy (non-hydrogen) atoms. The predicted molar refractivity (Wildman–Crippen MR) is 72.2 cm³/mol. The number of aromatic amines is 1. The lowest BCUT2D eigenvalue weighted by Crippen LogP contribution is -2.48. The molecule has 2 N–H and O–H groups in total. The van der Waals surface area contributed by atoms with Gasteiger partial charge >= 0.3 is 5.97 Å². The van der Waals surface area contributed by atoms with Crippen LogP contribution in [0.5, 0.6) is 0 Å². The number of aliphatic carboxylic acids is 1. The van der Waals surface area contributed by atoms with Crippen LogP contribution in [0.1, 0.15) is 29.8 Å². The molecule has 6 heteroatoms. The van der Waals surface area contributed by atoms with Crippen LogP contribution in [0.4, 0.5) is 0 Å². The van der Waals surface area contributed by atoms with Crippen LogP contribution < -0.4 is 0 Å². The first-order valence-corrected chi connectivity index (χ1v) is 6.49. The van der Waals surface area contributed by atoms with E-state index in [1.54, 1.807) is 26.2 Å². The zero-order valence-electron chi connectivity index (χ0n) is 11.3. The Bertz CT molecular complexity index is 705. The summed E-state index contributed by atoms with van der Waals surface area (Å²) in [6.07, 6.45) is 3.27. The third-order valence-electron chi connectivity index (χ3n) is 3.71. The number of pyridine rings is 1. The van der Waals surface area contributed by atoms with Gasteiger partial charge in [-0.25, -0.2) is 9.78 Å². The monoisotopic (exact) mass is 273 g/mol. The van der Waals surface area contributed by atoms with Crippen LogP contribution in [-0.2, 0) is 11.3 Å². The fourth-order valence-corrected chi connectivity index (χ4v) is 2.84. The van der Waals surface area contributed by atoms with Crippen LogP contribution in [0, 0.1) is 5.92 Å². The van der Waals surface area contributed by atoms with E-state index >= 15 is 0 Å². The van der Waals surface area contributed by atoms with Gasteiger partial charge in [-0.15, -0.1) is 0 Å². The van der Waals surface area contributed by atoms with Gasteiger partial charge in [0.25, 0.3) is 5.91 Å². The van der Waals surface area contributed by atoms with Crippen LogP contribution in [0.25, 0.3) is 11.0 Å². The minimum absolute atomic E-state index is 0.158. The van der Waals surface area contributed by atoms with E-state index in [9.17, 15) is 14.7 Å². The zero-order valence-corrected chi connectivity index (χ0v) is 11.3. The Morgan fingerprint density at radius 2 is 2.25 bits per heavy atom. The first-order valence-electron chi connectivity index (χ1n) is 6.49. The van der Waals surface area contributed by atoms with E-state index in [2.05, 4.69) is 9.97 Å². The number of amides is 1. The number of rotatable bonds is 3. The number of nitrogens with zero attached hydrogens (tertiary/aromatic N) is 2. The molecule has 2 aromatic rings. The Hall–Kier alpha value is -2.37. The summed E-state index contributed by atoms with van der Waals surface area (Å²) in [5, 5.41) is 10.2. The highest BCUT2D eigenvalue weighted by molar-refractivity contribution is 6.09. The first-order chi connectivity index (χ1) is 9.50. The SMILES string of the molecule is CC(C)C(C(=O)O)N1Cc2ccnc3[nH]cc(c23)C1=O. The number of carbonyl (C=O) groups excluding carboxylic acids is 1. The third-order valence-corrected chi connectivity index (χ3v) is 3.71. The molecule has 0 saturated heterocycles. The summed E-state index contributed by atoms with van der Waals surface area (Å²) in [7, 11) is 0. The predicted octanol–water partition coefficient (Wildman–Crippen LogP) is 1.63. The number of H-pyrrole nitrogens is 1. The highest BCUT2D eigenvalue weighted by Crippen LogP contribution is 2.30. The number of aromatic nitrogens is 2. The van der Waals surface area contributed by atoms with Crippen LogP contribution >= 0.6 is 0 Å². The Balaban J connectivity index is 2.11. The molecule has 3 rings (SSSR count). The topological polar surface area (TPSA) is 86.3 Å². The standard InChI is InChI=1S/C14H15N3O3/c1-7(2)11(14(19)20)17-6-8-3-4-15-12-10(8)9(5-16-12)13(17)18/h3-5,7,11H,6H2,1-2H3,(H,15,16)(H,19,20). The van der Waals surface area contributed by atoms with Crippen molar-refractivity contribution in [3.05, 3.63) is 29.6 Å². The van der Waals surface area contributed by atoms with Crippen molar-refractivity contribution >= 4 is 22.9 Å². The maximum Gasteiger partial charge on any atom is 0.326 e. The normalized spacial score (nSPS) is 15.9. The Kier molecular flexibility index (Phi) is 2.74. The molecule has 0 saturated carbocycles. The van der Waals surface area contributed by atoms with Crippen LogP contribution in [0.15, 0.2) is 18.5 Å². The van der Waals surface area contributed by atoms with Crippen molar-refractivity contribution in [3.63, 3.8) is 0 Å². The average molecular weight is 273 g/mol. The Morgan fingerprint density at radius 3 is 2.90 bits per heavy atom. The molecule has 0 spiro atoms. The van der Waals surface area contributed by atoms with Gasteiger partial charge in [-0.1, -0.05) is 13.8 Å². The molecule has 1 atom stereocenters. The molecular weight excluding hydrogens is 258 g/mol. The van der Waals surface area contributed by atoms with E-state index in [0.717, 1.165) is 10.9 Å². The first kappa shape index (κ1) is 12.7. The number of carboxylic acids is 1. The number of hydrogen-bond acceptors (Lipinski definition) is 3. The smallest absolute Gasteiger partial charge is 0.326 e. The van der Waals surface area contributed by atoms with E-state index in [1.165, 1.54) is 4.90 Å². The number of carbonyl (C=O) groups is 2. The molecule has 6 nitrogen and oxygen atoms in total. The minimum Gasteiger partial charge on any atom is -0.480 e. The van der Waals surface area contributed by atoms with Crippen LogP contribution in [0.3, 0.4) is 0 Å². The second-order valence-electron chi connectivity index (χ2n) is 5.36. The van der Waals surface area contributed by atoms with Crippen molar-refractivity contribution < 1.29 is 14.7 Å². The maximum atomic E-state index is 12.5. The quantitative estimate of drug-likeness (QED) is 0.889. The number of nitrogens with one attached hydrogen (secondary N) is 1. The molecule has 1 aliphatic rings. The third kappa shape index (κ3) is 1.68. The summed E-state index contributed by atoms with van der Waals surface area (Å²) in [6, 6.07) is 1.01. The molecule has 1 amide bonds. The highest BCUT2D eigenvalue weighted by Gasteiger charge is 2.37. The lowest BCUT2D eigenvalue weighted by atomic mass is 9.96. The van der Waals surface area contributed by atoms with Gasteiger partial charge in [-0.3, -0.25) is 4.79 Å². The minimum atomic E-state index is -0.974. The van der Waals surface area contributed by atoms with Gasteiger partial charge in [0, 0.05) is 24.3 Å². The highest BCUT2D eigenvalue weighted by atomic mass is 16.4. The van der Waals surface area contributed by atoms with Crippen molar-refractivity contribution in [2.75, 3.05) is 0 Å². The largest absolute Gasteiger partial charge is 0.480 e. The molecule has 3 heterocycles. The van der Waals surface area contributed by atoms with Crippen LogP contribution in [-0.4, -0.2) is 37.9 Å². The molecule has 0 radical (unpaired) electrons. The molecule has 0 aromatic carbocycles. The van der Waals surface area contributed by atoms with E-state index in [1.807, 2.05) is 6.07 Å². The van der Waals surface area contributed by atoms with E-state index in [0.29, 0.717) is 17.8 Å². The summed E-state index contributed by atoms with van der Waals surface area (Å²) < 4.78 is 0. The fraction of sp³-hybridized carbons (Fsp3) is 0.357.